The van der Waals surface area contributed by atoms with Gasteiger partial charge in [0.2, 0.25) is 0 Å². The lowest BCUT2D eigenvalue weighted by molar-refractivity contribution is 0.0180. The maximum absolute atomic E-state index is 10.7. The molecule has 0 saturated heterocycles. The summed E-state index contributed by atoms with van der Waals surface area (Å²) in [5, 5.41) is 25.6. The number of rotatable bonds is 4. The van der Waals surface area contributed by atoms with Gasteiger partial charge in [-0.15, -0.1) is 0 Å². The zero-order valence-electron chi connectivity index (χ0n) is 12.4. The summed E-state index contributed by atoms with van der Waals surface area (Å²) in [7, 11) is 1.52. The van der Waals surface area contributed by atoms with Crippen LogP contribution in [0.5, 0.6) is 0 Å². The van der Waals surface area contributed by atoms with Crippen molar-refractivity contribution < 1.29 is 9.84 Å². The van der Waals surface area contributed by atoms with Crippen LogP contribution >= 0.6 is 0 Å². The standard InChI is InChI=1S/C16H15N5O2/c1-23-15(11-6-2-4-8-18-11)14-12(10-17)20-21(16(14)22)13-7-3-5-9-19-13/h2-9,14-16,22H,1H3. The Hall–Kier alpha value is -2.82. The fourth-order valence-corrected chi connectivity index (χ4v) is 2.60. The Morgan fingerprint density at radius 2 is 1.96 bits per heavy atom. The van der Waals surface area contributed by atoms with E-state index in [0.29, 0.717) is 11.5 Å². The molecule has 1 N–H and O–H groups in total. The summed E-state index contributed by atoms with van der Waals surface area (Å²) in [6.45, 7) is 0. The molecule has 2 aromatic rings. The van der Waals surface area contributed by atoms with Crippen LogP contribution in [0.25, 0.3) is 0 Å². The highest BCUT2D eigenvalue weighted by molar-refractivity contribution is 6.03. The lowest BCUT2D eigenvalue weighted by Gasteiger charge is -2.26. The number of nitrogens with zero attached hydrogens (tertiary/aromatic N) is 5. The van der Waals surface area contributed by atoms with Crippen LogP contribution in [0, 0.1) is 17.2 Å². The van der Waals surface area contributed by atoms with Gasteiger partial charge in [0, 0.05) is 19.5 Å². The third-order valence-electron chi connectivity index (χ3n) is 3.66. The van der Waals surface area contributed by atoms with Gasteiger partial charge >= 0.3 is 0 Å². The first kappa shape index (κ1) is 15.1. The molecule has 0 amide bonds. The van der Waals surface area contributed by atoms with Gasteiger partial charge in [0.1, 0.15) is 17.9 Å². The van der Waals surface area contributed by atoms with E-state index < -0.39 is 18.2 Å². The van der Waals surface area contributed by atoms with Crippen LogP contribution in [0.4, 0.5) is 5.82 Å². The Kier molecular flexibility index (Phi) is 4.28. The number of hydrogen-bond donors (Lipinski definition) is 1. The highest BCUT2D eigenvalue weighted by Crippen LogP contribution is 2.35. The van der Waals surface area contributed by atoms with Crippen molar-refractivity contribution in [3.63, 3.8) is 0 Å². The number of hydrazone groups is 1. The summed E-state index contributed by atoms with van der Waals surface area (Å²) in [6.07, 6.45) is 1.59. The first-order valence-corrected chi connectivity index (χ1v) is 7.07. The number of aliphatic hydroxyl groups excluding tert-OH is 1. The molecular weight excluding hydrogens is 294 g/mol. The number of aromatic nitrogens is 2. The van der Waals surface area contributed by atoms with Gasteiger partial charge < -0.3 is 9.84 Å². The van der Waals surface area contributed by atoms with Crippen LogP contribution in [0.2, 0.25) is 0 Å². The van der Waals surface area contributed by atoms with E-state index in [1.54, 1.807) is 42.7 Å². The zero-order valence-corrected chi connectivity index (χ0v) is 12.4. The van der Waals surface area contributed by atoms with Crippen molar-refractivity contribution in [1.82, 2.24) is 9.97 Å². The third kappa shape index (κ3) is 2.77. The highest BCUT2D eigenvalue weighted by Gasteiger charge is 2.44. The molecule has 0 spiro atoms. The van der Waals surface area contributed by atoms with Crippen LogP contribution < -0.4 is 5.01 Å². The maximum atomic E-state index is 10.7. The largest absolute Gasteiger partial charge is 0.374 e. The van der Waals surface area contributed by atoms with E-state index in [1.807, 2.05) is 12.1 Å². The summed E-state index contributed by atoms with van der Waals surface area (Å²) in [6, 6.07) is 12.7. The molecule has 116 valence electrons. The van der Waals surface area contributed by atoms with E-state index in [4.69, 9.17) is 4.74 Å². The van der Waals surface area contributed by atoms with E-state index in [-0.39, 0.29) is 5.71 Å². The van der Waals surface area contributed by atoms with E-state index in [2.05, 4.69) is 15.1 Å². The molecule has 0 aliphatic carbocycles. The number of nitriles is 1. The molecule has 2 aromatic heterocycles. The molecule has 0 aromatic carbocycles. The minimum Gasteiger partial charge on any atom is -0.374 e. The average Bonchev–Trinajstić information content (AvgIpc) is 2.94. The Balaban J connectivity index is 1.96. The summed E-state index contributed by atoms with van der Waals surface area (Å²) >= 11 is 0. The second-order valence-corrected chi connectivity index (χ2v) is 4.98. The maximum Gasteiger partial charge on any atom is 0.161 e. The number of methoxy groups -OCH3 is 1. The number of hydrogen-bond acceptors (Lipinski definition) is 7. The van der Waals surface area contributed by atoms with Crippen molar-refractivity contribution in [3.05, 3.63) is 54.5 Å². The fraction of sp³-hybridized carbons (Fsp3) is 0.250. The van der Waals surface area contributed by atoms with E-state index in [0.717, 1.165) is 0 Å². The van der Waals surface area contributed by atoms with E-state index in [1.165, 1.54) is 12.1 Å². The lowest BCUT2D eigenvalue weighted by atomic mass is 9.93. The second-order valence-electron chi connectivity index (χ2n) is 4.98. The summed E-state index contributed by atoms with van der Waals surface area (Å²) in [5.41, 5.74) is 0.811. The number of aliphatic hydroxyl groups is 1. The van der Waals surface area contributed by atoms with Gasteiger partial charge in [-0.1, -0.05) is 12.1 Å². The normalized spacial score (nSPS) is 21.6. The van der Waals surface area contributed by atoms with Crippen molar-refractivity contribution in [2.75, 3.05) is 12.1 Å². The van der Waals surface area contributed by atoms with Crippen molar-refractivity contribution in [2.24, 2.45) is 11.0 Å². The van der Waals surface area contributed by atoms with E-state index >= 15 is 0 Å². The van der Waals surface area contributed by atoms with Crippen LogP contribution in [0.3, 0.4) is 0 Å². The SMILES string of the molecule is COC(c1ccccn1)C1C(C#N)=NN(c2ccccn2)C1O. The van der Waals surface area contributed by atoms with Gasteiger partial charge in [-0.2, -0.15) is 10.4 Å². The molecular formula is C16H15N5O2. The molecule has 0 radical (unpaired) electrons. The number of ether oxygens (including phenoxy) is 1. The Labute approximate surface area is 133 Å². The first-order chi connectivity index (χ1) is 11.3. The second kappa shape index (κ2) is 6.52. The average molecular weight is 309 g/mol. The molecule has 1 aliphatic heterocycles. The number of pyridine rings is 2. The molecule has 7 heteroatoms. The first-order valence-electron chi connectivity index (χ1n) is 7.07. The van der Waals surface area contributed by atoms with Gasteiger partial charge in [0.05, 0.1) is 11.6 Å². The van der Waals surface area contributed by atoms with Gasteiger partial charge in [0.15, 0.2) is 12.0 Å². The summed E-state index contributed by atoms with van der Waals surface area (Å²) in [5.74, 6) is -0.187. The van der Waals surface area contributed by atoms with Crippen LogP contribution in [0.15, 0.2) is 53.9 Å². The molecule has 3 unspecified atom stereocenters. The molecule has 23 heavy (non-hydrogen) atoms. The molecule has 3 rings (SSSR count). The van der Waals surface area contributed by atoms with Gasteiger partial charge in [-0.05, 0) is 24.3 Å². The fourth-order valence-electron chi connectivity index (χ4n) is 2.60. The van der Waals surface area contributed by atoms with E-state index in [9.17, 15) is 10.4 Å². The Morgan fingerprint density at radius 3 is 2.52 bits per heavy atom. The molecule has 7 nitrogen and oxygen atoms in total. The van der Waals surface area contributed by atoms with Crippen molar-refractivity contribution in [3.8, 4) is 6.07 Å². The van der Waals surface area contributed by atoms with Gasteiger partial charge in [-0.3, -0.25) is 4.98 Å². The monoisotopic (exact) mass is 309 g/mol. The van der Waals surface area contributed by atoms with Crippen LogP contribution in [0.1, 0.15) is 11.8 Å². The summed E-state index contributed by atoms with van der Waals surface area (Å²) < 4.78 is 5.51. The molecule has 1 aliphatic rings. The summed E-state index contributed by atoms with van der Waals surface area (Å²) in [4.78, 5) is 8.43. The molecule has 3 atom stereocenters. The Morgan fingerprint density at radius 1 is 1.22 bits per heavy atom. The van der Waals surface area contributed by atoms with Crippen molar-refractivity contribution >= 4 is 11.5 Å². The minimum atomic E-state index is -1.06. The lowest BCUT2D eigenvalue weighted by Crippen LogP contribution is -2.37. The zero-order chi connectivity index (χ0) is 16.2. The number of anilines is 1. The molecule has 0 fully saturated rings. The molecule has 0 bridgehead atoms. The van der Waals surface area contributed by atoms with Gasteiger partial charge in [-0.25, -0.2) is 9.99 Å². The van der Waals surface area contributed by atoms with Crippen LogP contribution in [-0.2, 0) is 4.74 Å². The third-order valence-corrected chi connectivity index (χ3v) is 3.66. The van der Waals surface area contributed by atoms with Gasteiger partial charge in [0.25, 0.3) is 0 Å². The minimum absolute atomic E-state index is 0.181. The highest BCUT2D eigenvalue weighted by atomic mass is 16.5. The predicted octanol–water partition coefficient (Wildman–Crippen LogP) is 1.50. The quantitative estimate of drug-likeness (QED) is 0.919. The topological polar surface area (TPSA) is 94.6 Å². The predicted molar refractivity (Wildman–Crippen MR) is 83.2 cm³/mol. The molecule has 0 saturated carbocycles. The Bertz CT molecular complexity index is 729. The van der Waals surface area contributed by atoms with Crippen LogP contribution in [-0.4, -0.2) is 34.1 Å². The van der Waals surface area contributed by atoms with Crippen molar-refractivity contribution in [1.29, 1.82) is 5.26 Å². The molecule has 3 heterocycles. The van der Waals surface area contributed by atoms with Crippen molar-refractivity contribution in [2.45, 2.75) is 12.3 Å². The smallest absolute Gasteiger partial charge is 0.161 e.